The van der Waals surface area contributed by atoms with E-state index in [0.29, 0.717) is 6.07 Å². The molecule has 7 heteroatoms. The lowest BCUT2D eigenvalue weighted by molar-refractivity contribution is 0.102. The van der Waals surface area contributed by atoms with Crippen molar-refractivity contribution in [3.8, 4) is 0 Å². The lowest BCUT2D eigenvalue weighted by Gasteiger charge is -2.11. The summed E-state index contributed by atoms with van der Waals surface area (Å²) in [5.41, 5.74) is 4.88. The number of anilines is 1. The van der Waals surface area contributed by atoms with Gasteiger partial charge in [0.2, 0.25) is 0 Å². The van der Waals surface area contributed by atoms with E-state index in [-0.39, 0.29) is 21.8 Å². The average Bonchev–Trinajstić information content (AvgIpc) is 2.37. The molecule has 0 bridgehead atoms. The molecule has 1 amide bonds. The smallest absolute Gasteiger partial charge is 0.258 e. The van der Waals surface area contributed by atoms with E-state index >= 15 is 0 Å². The molecule has 0 radical (unpaired) electrons. The van der Waals surface area contributed by atoms with Crippen molar-refractivity contribution in [2.45, 2.75) is 0 Å². The first-order valence-corrected chi connectivity index (χ1v) is 6.15. The maximum Gasteiger partial charge on any atom is 0.258 e. The SMILES string of the molecule is NC(=S)c1c(F)cccc1NC(=O)c1ccc(F)cc1F. The summed E-state index contributed by atoms with van der Waals surface area (Å²) in [6, 6.07) is 6.35. The zero-order valence-electron chi connectivity index (χ0n) is 10.5. The van der Waals surface area contributed by atoms with Crippen molar-refractivity contribution < 1.29 is 18.0 Å². The second-order valence-electron chi connectivity index (χ2n) is 4.10. The molecular formula is C14H9F3N2OS. The van der Waals surface area contributed by atoms with E-state index in [9.17, 15) is 18.0 Å². The summed E-state index contributed by atoms with van der Waals surface area (Å²) in [6.07, 6.45) is 0. The highest BCUT2D eigenvalue weighted by molar-refractivity contribution is 7.80. The molecule has 108 valence electrons. The number of hydrogen-bond donors (Lipinski definition) is 2. The summed E-state index contributed by atoms with van der Waals surface area (Å²) >= 11 is 4.71. The molecule has 0 fully saturated rings. The second-order valence-corrected chi connectivity index (χ2v) is 4.54. The molecule has 0 saturated carbocycles. The van der Waals surface area contributed by atoms with Crippen molar-refractivity contribution in [2.24, 2.45) is 5.73 Å². The fourth-order valence-electron chi connectivity index (χ4n) is 1.74. The van der Waals surface area contributed by atoms with Gasteiger partial charge in [-0.2, -0.15) is 0 Å². The Bertz CT molecular complexity index is 734. The lowest BCUT2D eigenvalue weighted by Crippen LogP contribution is -2.19. The minimum Gasteiger partial charge on any atom is -0.389 e. The van der Waals surface area contributed by atoms with Crippen molar-refractivity contribution in [1.29, 1.82) is 0 Å². The molecule has 0 heterocycles. The van der Waals surface area contributed by atoms with Crippen molar-refractivity contribution in [1.82, 2.24) is 0 Å². The highest BCUT2D eigenvalue weighted by Gasteiger charge is 2.17. The molecule has 0 aliphatic carbocycles. The van der Waals surface area contributed by atoms with E-state index in [1.165, 1.54) is 12.1 Å². The highest BCUT2D eigenvalue weighted by Crippen LogP contribution is 2.20. The van der Waals surface area contributed by atoms with Crippen LogP contribution < -0.4 is 11.1 Å². The van der Waals surface area contributed by atoms with Gasteiger partial charge in [0.15, 0.2) is 0 Å². The van der Waals surface area contributed by atoms with Crippen LogP contribution in [0.2, 0.25) is 0 Å². The molecular weight excluding hydrogens is 301 g/mol. The third kappa shape index (κ3) is 3.19. The Morgan fingerprint density at radius 1 is 1.10 bits per heavy atom. The number of halogens is 3. The van der Waals surface area contributed by atoms with Gasteiger partial charge in [0.25, 0.3) is 5.91 Å². The van der Waals surface area contributed by atoms with E-state index < -0.39 is 23.4 Å². The van der Waals surface area contributed by atoms with E-state index in [1.807, 2.05) is 0 Å². The summed E-state index contributed by atoms with van der Waals surface area (Å²) in [6.45, 7) is 0. The van der Waals surface area contributed by atoms with Crippen LogP contribution in [-0.2, 0) is 0 Å². The third-order valence-corrected chi connectivity index (χ3v) is 2.89. The van der Waals surface area contributed by atoms with Crippen LogP contribution in [0.4, 0.5) is 18.9 Å². The zero-order chi connectivity index (χ0) is 15.6. The van der Waals surface area contributed by atoms with Crippen LogP contribution in [-0.4, -0.2) is 10.9 Å². The predicted octanol–water partition coefficient (Wildman–Crippen LogP) is 2.99. The van der Waals surface area contributed by atoms with Crippen molar-refractivity contribution >= 4 is 28.8 Å². The maximum atomic E-state index is 13.6. The fraction of sp³-hybridized carbons (Fsp3) is 0. The van der Waals surface area contributed by atoms with Crippen LogP contribution in [0.5, 0.6) is 0 Å². The summed E-state index contributed by atoms with van der Waals surface area (Å²) in [5.74, 6) is -3.41. The molecule has 2 aromatic carbocycles. The number of rotatable bonds is 3. The number of nitrogens with two attached hydrogens (primary N) is 1. The molecule has 0 aromatic heterocycles. The van der Waals surface area contributed by atoms with Crippen molar-refractivity contribution in [2.75, 3.05) is 5.32 Å². The Morgan fingerprint density at radius 2 is 1.81 bits per heavy atom. The molecule has 21 heavy (non-hydrogen) atoms. The van der Waals surface area contributed by atoms with Crippen LogP contribution in [0, 0.1) is 17.5 Å². The molecule has 0 unspecified atom stereocenters. The Hall–Kier alpha value is -2.41. The van der Waals surface area contributed by atoms with Crippen molar-refractivity contribution in [3.63, 3.8) is 0 Å². The number of benzene rings is 2. The minimum absolute atomic E-state index is 0.0104. The Labute approximate surface area is 123 Å². The fourth-order valence-corrected chi connectivity index (χ4v) is 1.95. The molecule has 2 rings (SSSR count). The van der Waals surface area contributed by atoms with Gasteiger partial charge in [-0.15, -0.1) is 0 Å². The molecule has 0 atom stereocenters. The molecule has 3 nitrogen and oxygen atoms in total. The Morgan fingerprint density at radius 3 is 2.43 bits per heavy atom. The van der Waals surface area contributed by atoms with Crippen LogP contribution in [0.15, 0.2) is 36.4 Å². The van der Waals surface area contributed by atoms with E-state index in [2.05, 4.69) is 5.32 Å². The minimum atomic E-state index is -1.03. The van der Waals surface area contributed by atoms with Gasteiger partial charge in [-0.25, -0.2) is 13.2 Å². The van der Waals surface area contributed by atoms with Gasteiger partial charge in [0.05, 0.1) is 16.8 Å². The molecule has 0 aliphatic heterocycles. The van der Waals surface area contributed by atoms with E-state index in [4.69, 9.17) is 18.0 Å². The normalized spacial score (nSPS) is 10.2. The number of carbonyl (C=O) groups is 1. The first kappa shape index (κ1) is 15.0. The van der Waals surface area contributed by atoms with Crippen LogP contribution >= 0.6 is 12.2 Å². The summed E-state index contributed by atoms with van der Waals surface area (Å²) < 4.78 is 40.0. The Kier molecular flexibility index (Phi) is 4.23. The number of amides is 1. The van der Waals surface area contributed by atoms with Crippen LogP contribution in [0.3, 0.4) is 0 Å². The number of carbonyl (C=O) groups excluding carboxylic acids is 1. The van der Waals surface area contributed by atoms with E-state index in [0.717, 1.165) is 18.2 Å². The molecule has 0 aliphatic rings. The van der Waals surface area contributed by atoms with E-state index in [1.54, 1.807) is 0 Å². The average molecular weight is 310 g/mol. The van der Waals surface area contributed by atoms with Gasteiger partial charge in [0.1, 0.15) is 22.4 Å². The largest absolute Gasteiger partial charge is 0.389 e. The van der Waals surface area contributed by atoms with Gasteiger partial charge >= 0.3 is 0 Å². The number of hydrogen-bond acceptors (Lipinski definition) is 2. The third-order valence-electron chi connectivity index (χ3n) is 2.68. The molecule has 3 N–H and O–H groups in total. The van der Waals surface area contributed by atoms with Gasteiger partial charge < -0.3 is 11.1 Å². The Balaban J connectivity index is 2.36. The lowest BCUT2D eigenvalue weighted by atomic mass is 10.1. The van der Waals surface area contributed by atoms with Gasteiger partial charge in [0, 0.05) is 6.07 Å². The molecule has 0 saturated heterocycles. The second kappa shape index (κ2) is 5.92. The molecule has 2 aromatic rings. The van der Waals surface area contributed by atoms with Crippen molar-refractivity contribution in [3.05, 3.63) is 65.0 Å². The zero-order valence-corrected chi connectivity index (χ0v) is 11.3. The van der Waals surface area contributed by atoms with Crippen LogP contribution in [0.25, 0.3) is 0 Å². The van der Waals surface area contributed by atoms with Crippen LogP contribution in [0.1, 0.15) is 15.9 Å². The summed E-state index contributed by atoms with van der Waals surface area (Å²) in [7, 11) is 0. The van der Waals surface area contributed by atoms with Gasteiger partial charge in [-0.05, 0) is 24.3 Å². The topological polar surface area (TPSA) is 55.1 Å². The summed E-state index contributed by atoms with van der Waals surface area (Å²) in [4.78, 5) is 11.7. The first-order chi connectivity index (χ1) is 9.90. The number of nitrogens with one attached hydrogen (secondary N) is 1. The monoisotopic (exact) mass is 310 g/mol. The molecule has 0 spiro atoms. The number of thiocarbonyl (C=S) groups is 1. The van der Waals surface area contributed by atoms with Gasteiger partial charge in [-0.1, -0.05) is 18.3 Å². The summed E-state index contributed by atoms with van der Waals surface area (Å²) in [5, 5.41) is 2.30. The standard InChI is InChI=1S/C14H9F3N2OS/c15-7-4-5-8(10(17)6-7)14(20)19-11-3-1-2-9(16)12(11)13(18)21/h1-6H,(H2,18,21)(H,19,20). The first-order valence-electron chi connectivity index (χ1n) is 5.75. The highest BCUT2D eigenvalue weighted by atomic mass is 32.1. The maximum absolute atomic E-state index is 13.6. The quantitative estimate of drug-likeness (QED) is 0.857. The van der Waals surface area contributed by atoms with Gasteiger partial charge in [-0.3, -0.25) is 4.79 Å². The predicted molar refractivity (Wildman–Crippen MR) is 76.6 cm³/mol.